The molecule has 1 atom stereocenters. The van der Waals surface area contributed by atoms with Gasteiger partial charge in [0, 0.05) is 5.92 Å². The van der Waals surface area contributed by atoms with Crippen LogP contribution in [0, 0.1) is 0 Å². The largest absolute Gasteiger partial charge is 0.481 e. The molecule has 6 nitrogen and oxygen atoms in total. The Bertz CT molecular complexity index is 519. The van der Waals surface area contributed by atoms with E-state index >= 15 is 0 Å². The maximum absolute atomic E-state index is 11.5. The van der Waals surface area contributed by atoms with Crippen molar-refractivity contribution >= 4 is 15.8 Å². The first kappa shape index (κ1) is 12.1. The van der Waals surface area contributed by atoms with Crippen molar-refractivity contribution in [3.8, 4) is 0 Å². The molecule has 0 aliphatic carbocycles. The highest BCUT2D eigenvalue weighted by molar-refractivity contribution is 7.91. The minimum absolute atomic E-state index is 0.0642. The van der Waals surface area contributed by atoms with Gasteiger partial charge < -0.3 is 9.52 Å². The number of oxazole rings is 1. The quantitative estimate of drug-likeness (QED) is 0.853. The van der Waals surface area contributed by atoms with Gasteiger partial charge in [-0.1, -0.05) is 0 Å². The lowest BCUT2D eigenvalue weighted by atomic mass is 10.0. The van der Waals surface area contributed by atoms with Crippen LogP contribution in [0.2, 0.25) is 0 Å². The number of rotatable bonds is 3. The van der Waals surface area contributed by atoms with Gasteiger partial charge in [-0.25, -0.2) is 13.4 Å². The van der Waals surface area contributed by atoms with Crippen molar-refractivity contribution in [1.82, 2.24) is 4.98 Å². The van der Waals surface area contributed by atoms with Crippen molar-refractivity contribution in [3.05, 3.63) is 17.8 Å². The van der Waals surface area contributed by atoms with Gasteiger partial charge in [0.1, 0.15) is 12.2 Å². The molecule has 17 heavy (non-hydrogen) atoms. The third kappa shape index (κ3) is 3.06. The molecule has 0 bridgehead atoms. The van der Waals surface area contributed by atoms with Crippen molar-refractivity contribution < 1.29 is 22.7 Å². The average molecular weight is 259 g/mol. The first-order chi connectivity index (χ1) is 7.96. The van der Waals surface area contributed by atoms with Crippen molar-refractivity contribution in [2.45, 2.75) is 25.2 Å². The van der Waals surface area contributed by atoms with Crippen LogP contribution in [0.1, 0.15) is 30.4 Å². The molecular weight excluding hydrogens is 246 g/mol. The van der Waals surface area contributed by atoms with E-state index < -0.39 is 15.8 Å². The highest BCUT2D eigenvalue weighted by Crippen LogP contribution is 2.28. The molecule has 0 spiro atoms. The molecule has 1 aromatic rings. The first-order valence-corrected chi connectivity index (χ1v) is 7.15. The number of carboxylic acid groups (broad SMARTS) is 1. The minimum atomic E-state index is -3.00. The molecule has 7 heteroatoms. The zero-order valence-electron chi connectivity index (χ0n) is 9.13. The maximum atomic E-state index is 11.5. The lowest BCUT2D eigenvalue weighted by molar-refractivity contribution is -0.136. The number of sulfone groups is 1. The predicted molar refractivity (Wildman–Crippen MR) is 58.5 cm³/mol. The Morgan fingerprint density at radius 2 is 2.35 bits per heavy atom. The number of aliphatic carboxylic acids is 1. The fourth-order valence-corrected chi connectivity index (χ4v) is 3.69. The summed E-state index contributed by atoms with van der Waals surface area (Å²) in [6.07, 6.45) is 2.51. The monoisotopic (exact) mass is 259 g/mol. The molecule has 0 radical (unpaired) electrons. The molecule has 1 aliphatic rings. The van der Waals surface area contributed by atoms with Crippen LogP contribution in [0.5, 0.6) is 0 Å². The molecule has 2 heterocycles. The van der Waals surface area contributed by atoms with Crippen LogP contribution in [0.25, 0.3) is 0 Å². The highest BCUT2D eigenvalue weighted by atomic mass is 32.2. The van der Waals surface area contributed by atoms with E-state index in [0.29, 0.717) is 12.2 Å². The summed E-state index contributed by atoms with van der Waals surface area (Å²) in [5.41, 5.74) is 0. The second-order valence-corrected chi connectivity index (χ2v) is 6.41. The maximum Gasteiger partial charge on any atom is 0.312 e. The number of nitrogens with zero attached hydrogens (tertiary/aromatic N) is 1. The Labute approximate surface area is 98.6 Å². The molecule has 1 aromatic heterocycles. The summed E-state index contributed by atoms with van der Waals surface area (Å²) in [6.45, 7) is 0. The van der Waals surface area contributed by atoms with Gasteiger partial charge in [0.05, 0.1) is 17.7 Å². The Kier molecular flexibility index (Phi) is 3.19. The van der Waals surface area contributed by atoms with Crippen LogP contribution in [-0.4, -0.2) is 36.0 Å². The Morgan fingerprint density at radius 1 is 1.59 bits per heavy atom. The van der Waals surface area contributed by atoms with E-state index in [9.17, 15) is 13.2 Å². The molecule has 0 amide bonds. The fourth-order valence-electron chi connectivity index (χ4n) is 1.97. The lowest BCUT2D eigenvalue weighted by Gasteiger charge is -2.19. The summed E-state index contributed by atoms with van der Waals surface area (Å²) < 4.78 is 28.2. The molecular formula is C10H13NO5S. The molecule has 2 rings (SSSR count). The van der Waals surface area contributed by atoms with Crippen LogP contribution in [0.3, 0.4) is 0 Å². The highest BCUT2D eigenvalue weighted by Gasteiger charge is 2.28. The number of carboxylic acids is 1. The van der Waals surface area contributed by atoms with Crippen molar-refractivity contribution in [3.63, 3.8) is 0 Å². The Balaban J connectivity index is 2.12. The normalized spacial score (nSPS) is 23.4. The zero-order chi connectivity index (χ0) is 12.5. The summed E-state index contributed by atoms with van der Waals surface area (Å²) in [5.74, 6) is -0.327. The number of hydrogen-bond acceptors (Lipinski definition) is 5. The van der Waals surface area contributed by atoms with E-state index in [1.54, 1.807) is 0 Å². The van der Waals surface area contributed by atoms with Crippen molar-refractivity contribution in [2.24, 2.45) is 0 Å². The summed E-state index contributed by atoms with van der Waals surface area (Å²) >= 11 is 0. The zero-order valence-corrected chi connectivity index (χ0v) is 9.94. The molecule has 94 valence electrons. The van der Waals surface area contributed by atoms with E-state index in [1.807, 2.05) is 0 Å². The molecule has 0 aromatic carbocycles. The van der Waals surface area contributed by atoms with Gasteiger partial charge in [-0.3, -0.25) is 4.79 Å². The van der Waals surface area contributed by atoms with Gasteiger partial charge in [-0.15, -0.1) is 0 Å². The van der Waals surface area contributed by atoms with Gasteiger partial charge in [-0.05, 0) is 12.8 Å². The first-order valence-electron chi connectivity index (χ1n) is 5.33. The molecule has 1 aliphatic heterocycles. The van der Waals surface area contributed by atoms with E-state index in [4.69, 9.17) is 9.52 Å². The van der Waals surface area contributed by atoms with Gasteiger partial charge >= 0.3 is 5.97 Å². The van der Waals surface area contributed by atoms with Crippen LogP contribution >= 0.6 is 0 Å². The smallest absolute Gasteiger partial charge is 0.312 e. The van der Waals surface area contributed by atoms with Gasteiger partial charge in [0.25, 0.3) is 0 Å². The van der Waals surface area contributed by atoms with E-state index in [-0.39, 0.29) is 29.7 Å². The standard InChI is InChI=1S/C10H13NO5S/c12-10(13)4-9-11-5-8(16-9)7-2-1-3-17(14,15)6-7/h5,7H,1-4,6H2,(H,12,13). The summed E-state index contributed by atoms with van der Waals surface area (Å²) in [4.78, 5) is 14.3. The second kappa shape index (κ2) is 4.48. The topological polar surface area (TPSA) is 97.5 Å². The number of aromatic nitrogens is 1. The molecule has 0 saturated carbocycles. The van der Waals surface area contributed by atoms with Crippen molar-refractivity contribution in [2.75, 3.05) is 11.5 Å². The van der Waals surface area contributed by atoms with Crippen LogP contribution in [0.15, 0.2) is 10.6 Å². The predicted octanol–water partition coefficient (Wildman–Crippen LogP) is 0.594. The Morgan fingerprint density at radius 3 is 3.00 bits per heavy atom. The summed E-state index contributed by atoms with van der Waals surface area (Å²) in [5, 5.41) is 8.57. The molecule has 1 unspecified atom stereocenters. The van der Waals surface area contributed by atoms with Gasteiger partial charge in [-0.2, -0.15) is 0 Å². The van der Waals surface area contributed by atoms with E-state index in [0.717, 1.165) is 6.42 Å². The van der Waals surface area contributed by atoms with Gasteiger partial charge in [0.2, 0.25) is 5.89 Å². The molecule has 1 saturated heterocycles. The molecule has 1 fully saturated rings. The van der Waals surface area contributed by atoms with Crippen LogP contribution < -0.4 is 0 Å². The summed E-state index contributed by atoms with van der Waals surface area (Å²) in [7, 11) is -3.00. The fraction of sp³-hybridized carbons (Fsp3) is 0.600. The van der Waals surface area contributed by atoms with Crippen LogP contribution in [0.4, 0.5) is 0 Å². The van der Waals surface area contributed by atoms with Gasteiger partial charge in [0.15, 0.2) is 9.84 Å². The second-order valence-electron chi connectivity index (χ2n) is 4.18. The van der Waals surface area contributed by atoms with Crippen molar-refractivity contribution in [1.29, 1.82) is 0 Å². The summed E-state index contributed by atoms with van der Waals surface area (Å²) in [6, 6.07) is 0. The van der Waals surface area contributed by atoms with E-state index in [1.165, 1.54) is 6.20 Å². The Hall–Kier alpha value is -1.37. The molecule has 1 N–H and O–H groups in total. The SMILES string of the molecule is O=C(O)Cc1ncc(C2CCCS(=O)(=O)C2)o1. The third-order valence-electron chi connectivity index (χ3n) is 2.74. The number of hydrogen-bond donors (Lipinski definition) is 1. The van der Waals surface area contributed by atoms with Crippen LogP contribution in [-0.2, 0) is 21.1 Å². The number of carbonyl (C=O) groups is 1. The minimum Gasteiger partial charge on any atom is -0.481 e. The van der Waals surface area contributed by atoms with E-state index in [2.05, 4.69) is 4.98 Å². The lowest BCUT2D eigenvalue weighted by Crippen LogP contribution is -2.23. The average Bonchev–Trinajstić information content (AvgIpc) is 2.63. The third-order valence-corrected chi connectivity index (χ3v) is 4.56.